The standard InChI is InChI=1S/C48H83NO8/c1-6-8-10-12-14-16-18-20-21-22-23-24-25-27-28-30-32-34-36-38-45(50)55-42-44(43-56-48(47(52)53)54-41-40-49(3,4)5)57-46(51)39-37-35-33-31-29-26-19-17-15-13-11-9-7-2/h9,11,15,17,20-21,26,29,33,35,44,48H,6-8,10,12-14,16,18-19,22-25,27-28,30-32,34,36-43H2,1-5H3/p+1/b11-9-,17-15-,21-20-,29-26-,35-33-. The molecule has 2 atom stereocenters. The highest BCUT2D eigenvalue weighted by Crippen LogP contribution is 2.13. The summed E-state index contributed by atoms with van der Waals surface area (Å²) >= 11 is 0. The Morgan fingerprint density at radius 1 is 0.544 bits per heavy atom. The van der Waals surface area contributed by atoms with Gasteiger partial charge in [0, 0.05) is 12.8 Å². The summed E-state index contributed by atoms with van der Waals surface area (Å²) in [6.45, 7) is 4.65. The number of esters is 2. The van der Waals surface area contributed by atoms with Gasteiger partial charge in [0.25, 0.3) is 6.29 Å². The topological polar surface area (TPSA) is 108 Å². The van der Waals surface area contributed by atoms with Gasteiger partial charge in [0.05, 0.1) is 34.4 Å². The highest BCUT2D eigenvalue weighted by molar-refractivity contribution is 5.71. The van der Waals surface area contributed by atoms with Gasteiger partial charge in [-0.05, 0) is 64.2 Å². The largest absolute Gasteiger partial charge is 0.477 e. The fourth-order valence-electron chi connectivity index (χ4n) is 5.78. The van der Waals surface area contributed by atoms with Crippen molar-refractivity contribution in [1.82, 2.24) is 0 Å². The predicted octanol–water partition coefficient (Wildman–Crippen LogP) is 11.8. The Bertz CT molecular complexity index is 1120. The van der Waals surface area contributed by atoms with Crippen LogP contribution in [0.4, 0.5) is 0 Å². The lowest BCUT2D eigenvalue weighted by molar-refractivity contribution is -0.870. The monoisotopic (exact) mass is 803 g/mol. The second-order valence-corrected chi connectivity index (χ2v) is 16.0. The third-order valence-corrected chi connectivity index (χ3v) is 9.27. The second kappa shape index (κ2) is 39.8. The van der Waals surface area contributed by atoms with Crippen LogP contribution in [-0.4, -0.2) is 87.4 Å². The highest BCUT2D eigenvalue weighted by Gasteiger charge is 2.25. The van der Waals surface area contributed by atoms with Crippen LogP contribution >= 0.6 is 0 Å². The molecule has 328 valence electrons. The van der Waals surface area contributed by atoms with E-state index in [1.54, 1.807) is 0 Å². The number of rotatable bonds is 40. The van der Waals surface area contributed by atoms with E-state index in [0.717, 1.165) is 44.9 Å². The third-order valence-electron chi connectivity index (χ3n) is 9.27. The van der Waals surface area contributed by atoms with E-state index in [2.05, 4.69) is 62.5 Å². The van der Waals surface area contributed by atoms with Gasteiger partial charge >= 0.3 is 17.9 Å². The van der Waals surface area contributed by atoms with Crippen LogP contribution < -0.4 is 0 Å². The lowest BCUT2D eigenvalue weighted by Crippen LogP contribution is -2.40. The Hall–Kier alpha value is -3.01. The van der Waals surface area contributed by atoms with Gasteiger partial charge in [0.1, 0.15) is 13.2 Å². The molecular formula is C48H84NO8+. The molecule has 0 heterocycles. The van der Waals surface area contributed by atoms with Crippen molar-refractivity contribution in [1.29, 1.82) is 0 Å². The van der Waals surface area contributed by atoms with E-state index in [0.29, 0.717) is 17.4 Å². The van der Waals surface area contributed by atoms with Gasteiger partial charge < -0.3 is 28.5 Å². The minimum Gasteiger partial charge on any atom is -0.477 e. The first kappa shape index (κ1) is 54.0. The normalized spacial score (nSPS) is 13.5. The molecule has 9 heteroatoms. The molecule has 0 aliphatic rings. The number of likely N-dealkylation sites (N-methyl/N-ethyl adjacent to an activating group) is 1. The van der Waals surface area contributed by atoms with Crippen LogP contribution in [0.3, 0.4) is 0 Å². The molecule has 0 aromatic heterocycles. The van der Waals surface area contributed by atoms with Gasteiger partial charge in [-0.1, -0.05) is 152 Å². The zero-order chi connectivity index (χ0) is 42.1. The Morgan fingerprint density at radius 3 is 1.56 bits per heavy atom. The number of unbranched alkanes of at least 4 members (excludes halogenated alkanes) is 15. The molecule has 0 fully saturated rings. The number of carboxylic acid groups (broad SMARTS) is 1. The minimum absolute atomic E-state index is 0.137. The van der Waals surface area contributed by atoms with Gasteiger partial charge in [0.15, 0.2) is 6.10 Å². The Kier molecular flexibility index (Phi) is 37.7. The molecule has 9 nitrogen and oxygen atoms in total. The van der Waals surface area contributed by atoms with Crippen LogP contribution in [0.1, 0.15) is 168 Å². The maximum absolute atomic E-state index is 12.7. The summed E-state index contributed by atoms with van der Waals surface area (Å²) in [6, 6.07) is 0. The smallest absolute Gasteiger partial charge is 0.361 e. The molecule has 0 aliphatic heterocycles. The number of carboxylic acids is 1. The van der Waals surface area contributed by atoms with Gasteiger partial charge in [-0.3, -0.25) is 9.59 Å². The van der Waals surface area contributed by atoms with E-state index in [1.807, 2.05) is 33.3 Å². The number of hydrogen-bond acceptors (Lipinski definition) is 7. The van der Waals surface area contributed by atoms with Crippen molar-refractivity contribution < 1.29 is 42.9 Å². The van der Waals surface area contributed by atoms with Crippen molar-refractivity contribution in [2.45, 2.75) is 180 Å². The molecule has 0 spiro atoms. The fourth-order valence-corrected chi connectivity index (χ4v) is 5.78. The molecule has 0 radical (unpaired) electrons. The number of ether oxygens (including phenoxy) is 4. The predicted molar refractivity (Wildman–Crippen MR) is 235 cm³/mol. The number of hydrogen-bond donors (Lipinski definition) is 1. The Balaban J connectivity index is 4.47. The second-order valence-electron chi connectivity index (χ2n) is 16.0. The van der Waals surface area contributed by atoms with Gasteiger partial charge in [-0.2, -0.15) is 0 Å². The van der Waals surface area contributed by atoms with E-state index in [4.69, 9.17) is 18.9 Å². The van der Waals surface area contributed by atoms with E-state index in [1.165, 1.54) is 89.9 Å². The van der Waals surface area contributed by atoms with Gasteiger partial charge in [-0.25, -0.2) is 4.79 Å². The summed E-state index contributed by atoms with van der Waals surface area (Å²) in [6.07, 6.45) is 44.5. The molecule has 1 N–H and O–H groups in total. The van der Waals surface area contributed by atoms with Crippen molar-refractivity contribution >= 4 is 17.9 Å². The highest BCUT2D eigenvalue weighted by atomic mass is 16.7. The zero-order valence-electron chi connectivity index (χ0n) is 37.0. The van der Waals surface area contributed by atoms with Crippen LogP contribution in [0.15, 0.2) is 60.8 Å². The lowest BCUT2D eigenvalue weighted by atomic mass is 10.1. The molecule has 0 bridgehead atoms. The maximum Gasteiger partial charge on any atom is 0.361 e. The molecule has 0 amide bonds. The number of allylic oxidation sites excluding steroid dienone is 10. The molecule has 0 aliphatic carbocycles. The number of quaternary nitrogens is 1. The lowest BCUT2D eigenvalue weighted by Gasteiger charge is -2.25. The van der Waals surface area contributed by atoms with Crippen LogP contribution in [0.5, 0.6) is 0 Å². The minimum atomic E-state index is -1.53. The van der Waals surface area contributed by atoms with Crippen molar-refractivity contribution in [2.75, 3.05) is 47.5 Å². The van der Waals surface area contributed by atoms with Crippen molar-refractivity contribution in [3.05, 3.63) is 60.8 Å². The molecule has 0 aromatic carbocycles. The van der Waals surface area contributed by atoms with Crippen LogP contribution in [0.2, 0.25) is 0 Å². The summed E-state index contributed by atoms with van der Waals surface area (Å²) in [5, 5.41) is 9.62. The first-order valence-corrected chi connectivity index (χ1v) is 22.5. The summed E-state index contributed by atoms with van der Waals surface area (Å²) in [5.41, 5.74) is 0. The molecule has 0 saturated heterocycles. The average molecular weight is 803 g/mol. The molecule has 0 aromatic rings. The fraction of sp³-hybridized carbons (Fsp3) is 0.729. The summed E-state index contributed by atoms with van der Waals surface area (Å²) in [4.78, 5) is 37.0. The van der Waals surface area contributed by atoms with Crippen molar-refractivity contribution in [2.24, 2.45) is 0 Å². The number of nitrogens with zero attached hydrogens (tertiary/aromatic N) is 1. The first-order valence-electron chi connectivity index (χ1n) is 22.5. The SMILES string of the molecule is CC/C=C\C/C=C\C/C=C\C/C=C\CCC(=O)OC(COC(=O)CCCCCCCCCCC/C=C\CCCCCCCC)COC(OCC[N+](C)(C)C)C(=O)O. The Morgan fingerprint density at radius 2 is 1.04 bits per heavy atom. The first-order chi connectivity index (χ1) is 27.6. The third kappa shape index (κ3) is 41.0. The molecule has 2 unspecified atom stereocenters. The number of aliphatic carboxylic acids is 1. The summed E-state index contributed by atoms with van der Waals surface area (Å²) < 4.78 is 22.6. The van der Waals surface area contributed by atoms with Crippen molar-refractivity contribution in [3.8, 4) is 0 Å². The van der Waals surface area contributed by atoms with Crippen LogP contribution in [-0.2, 0) is 33.3 Å². The van der Waals surface area contributed by atoms with E-state index in [9.17, 15) is 19.5 Å². The number of carbonyl (C=O) groups excluding carboxylic acids is 2. The number of carbonyl (C=O) groups is 3. The van der Waals surface area contributed by atoms with E-state index >= 15 is 0 Å². The average Bonchev–Trinajstić information content (AvgIpc) is 3.17. The molecule has 57 heavy (non-hydrogen) atoms. The van der Waals surface area contributed by atoms with Crippen LogP contribution in [0.25, 0.3) is 0 Å². The molecule has 0 saturated carbocycles. The van der Waals surface area contributed by atoms with E-state index in [-0.39, 0.29) is 38.6 Å². The zero-order valence-corrected chi connectivity index (χ0v) is 37.0. The van der Waals surface area contributed by atoms with Gasteiger partial charge in [0.2, 0.25) is 0 Å². The maximum atomic E-state index is 12.7. The van der Waals surface area contributed by atoms with Gasteiger partial charge in [-0.15, -0.1) is 0 Å². The van der Waals surface area contributed by atoms with Crippen molar-refractivity contribution in [3.63, 3.8) is 0 Å². The molecule has 0 rings (SSSR count). The Labute approximate surface area is 348 Å². The summed E-state index contributed by atoms with van der Waals surface area (Å²) in [5.74, 6) is -2.12. The van der Waals surface area contributed by atoms with E-state index < -0.39 is 24.3 Å². The quantitative estimate of drug-likeness (QED) is 0.0214. The summed E-state index contributed by atoms with van der Waals surface area (Å²) in [7, 11) is 5.92. The molecular weight excluding hydrogens is 719 g/mol. The van der Waals surface area contributed by atoms with Crippen LogP contribution in [0, 0.1) is 0 Å².